The Bertz CT molecular complexity index is 990. The Hall–Kier alpha value is -2.22. The number of nitrogens with zero attached hydrogens (tertiary/aromatic N) is 1. The van der Waals surface area contributed by atoms with E-state index >= 15 is 0 Å². The van der Waals surface area contributed by atoms with Crippen LogP contribution in [0.4, 0.5) is 5.69 Å². The zero-order chi connectivity index (χ0) is 19.4. The van der Waals surface area contributed by atoms with Crippen LogP contribution in [-0.4, -0.2) is 21.2 Å². The number of aromatic nitrogens is 1. The van der Waals surface area contributed by atoms with Crippen molar-refractivity contribution in [3.05, 3.63) is 58.1 Å². The van der Waals surface area contributed by atoms with Crippen LogP contribution in [0.3, 0.4) is 0 Å². The molecule has 0 amide bonds. The molecule has 3 aromatic rings. The topological polar surface area (TPSA) is 74.2 Å². The molecule has 8 heteroatoms. The lowest BCUT2D eigenvalue weighted by Crippen LogP contribution is -2.33. The summed E-state index contributed by atoms with van der Waals surface area (Å²) < 4.78 is 1.08. The van der Waals surface area contributed by atoms with E-state index in [2.05, 4.69) is 22.5 Å². The van der Waals surface area contributed by atoms with E-state index in [0.29, 0.717) is 10.1 Å². The summed E-state index contributed by atoms with van der Waals surface area (Å²) in [5, 5.41) is 17.4. The van der Waals surface area contributed by atoms with E-state index in [0.717, 1.165) is 32.9 Å². The fourth-order valence-electron chi connectivity index (χ4n) is 2.68. The number of carboxylic acids is 1. The summed E-state index contributed by atoms with van der Waals surface area (Å²) in [4.78, 5) is 15.8. The van der Waals surface area contributed by atoms with Gasteiger partial charge >= 0.3 is 5.97 Å². The van der Waals surface area contributed by atoms with Crippen LogP contribution in [0.1, 0.15) is 30.0 Å². The van der Waals surface area contributed by atoms with E-state index in [-0.39, 0.29) is 6.42 Å². The Labute approximate surface area is 171 Å². The molecular weight excluding hydrogens is 402 g/mol. The molecule has 0 fully saturated rings. The van der Waals surface area contributed by atoms with Crippen molar-refractivity contribution in [3.63, 3.8) is 0 Å². The number of fused-ring (bicyclic) bond motifs is 1. The minimum absolute atomic E-state index is 0.115. The second-order valence-corrected chi connectivity index (χ2v) is 7.91. The Balaban J connectivity index is 1.74. The summed E-state index contributed by atoms with van der Waals surface area (Å²) in [5.41, 5.74) is 2.55. The van der Waals surface area contributed by atoms with Gasteiger partial charge in [0.05, 0.1) is 27.7 Å². The molecule has 0 aliphatic rings. The third-order valence-corrected chi connectivity index (χ3v) is 5.55. The van der Waals surface area contributed by atoms with Gasteiger partial charge in [-0.15, -0.1) is 11.3 Å². The quantitative estimate of drug-likeness (QED) is 0.487. The molecule has 0 spiro atoms. The van der Waals surface area contributed by atoms with Gasteiger partial charge in [0.2, 0.25) is 0 Å². The lowest BCUT2D eigenvalue weighted by molar-refractivity contribution is -0.137. The number of benzene rings is 2. The Morgan fingerprint density at radius 1 is 1.33 bits per heavy atom. The maximum absolute atomic E-state index is 11.2. The maximum Gasteiger partial charge on any atom is 0.305 e. The standard InChI is InChI=1S/C19H18ClN3O2S2/c1-2-17-22-14-7-6-13(9-16(14)27-17)21-19(26)23-15(10-18(24)25)11-4-3-5-12(20)8-11/h3-9,15H,2,10H2,1H3,(H,24,25)(H2,21,23,26)/t15-/m0/s1. The van der Waals surface area contributed by atoms with Crippen LogP contribution >= 0.6 is 35.2 Å². The molecule has 5 nitrogen and oxygen atoms in total. The predicted octanol–water partition coefficient (Wildman–Crippen LogP) is 5.01. The fraction of sp³-hybridized carbons (Fsp3) is 0.211. The Kier molecular flexibility index (Phi) is 6.26. The third kappa shape index (κ3) is 5.15. The number of halogens is 1. The number of thiocarbonyl (C=S) groups is 1. The van der Waals surface area contributed by atoms with E-state index in [1.165, 1.54) is 0 Å². The van der Waals surface area contributed by atoms with Crippen molar-refractivity contribution in [2.45, 2.75) is 25.8 Å². The summed E-state index contributed by atoms with van der Waals surface area (Å²) in [5.74, 6) is -0.923. The number of aryl methyl sites for hydroxylation is 1. The summed E-state index contributed by atoms with van der Waals surface area (Å²) in [6, 6.07) is 12.4. The molecule has 1 atom stereocenters. The van der Waals surface area contributed by atoms with Gasteiger partial charge in [-0.05, 0) is 54.5 Å². The van der Waals surface area contributed by atoms with Crippen LogP contribution in [-0.2, 0) is 11.2 Å². The van der Waals surface area contributed by atoms with E-state index in [1.54, 1.807) is 29.5 Å². The summed E-state index contributed by atoms with van der Waals surface area (Å²) in [6.07, 6.45) is 0.786. The number of hydrogen-bond acceptors (Lipinski definition) is 4. The smallest absolute Gasteiger partial charge is 0.305 e. The van der Waals surface area contributed by atoms with Gasteiger partial charge in [0.1, 0.15) is 0 Å². The van der Waals surface area contributed by atoms with E-state index in [9.17, 15) is 9.90 Å². The van der Waals surface area contributed by atoms with Gasteiger partial charge in [-0.1, -0.05) is 30.7 Å². The molecule has 0 saturated carbocycles. The number of thiazole rings is 1. The van der Waals surface area contributed by atoms with Crippen LogP contribution in [0.5, 0.6) is 0 Å². The van der Waals surface area contributed by atoms with Crippen LogP contribution in [0.2, 0.25) is 5.02 Å². The minimum Gasteiger partial charge on any atom is -0.481 e. The average Bonchev–Trinajstić information content (AvgIpc) is 3.03. The molecule has 0 unspecified atom stereocenters. The number of rotatable bonds is 6. The lowest BCUT2D eigenvalue weighted by Gasteiger charge is -2.20. The lowest BCUT2D eigenvalue weighted by atomic mass is 10.0. The highest BCUT2D eigenvalue weighted by molar-refractivity contribution is 7.80. The predicted molar refractivity (Wildman–Crippen MR) is 115 cm³/mol. The molecule has 1 heterocycles. The summed E-state index contributed by atoms with van der Waals surface area (Å²) in [7, 11) is 0. The van der Waals surface area contributed by atoms with E-state index in [1.807, 2.05) is 24.3 Å². The van der Waals surface area contributed by atoms with Crippen molar-refractivity contribution >= 4 is 62.1 Å². The summed E-state index contributed by atoms with van der Waals surface area (Å²) in [6.45, 7) is 2.08. The molecule has 2 aromatic carbocycles. The zero-order valence-electron chi connectivity index (χ0n) is 14.5. The van der Waals surface area contributed by atoms with Gasteiger partial charge in [-0.2, -0.15) is 0 Å². The first-order valence-corrected chi connectivity index (χ1v) is 9.99. The van der Waals surface area contributed by atoms with Gasteiger partial charge in [0, 0.05) is 10.7 Å². The number of carboxylic acid groups (broad SMARTS) is 1. The van der Waals surface area contributed by atoms with Crippen LogP contribution in [0.25, 0.3) is 10.2 Å². The molecular formula is C19H18ClN3O2S2. The number of anilines is 1. The first-order chi connectivity index (χ1) is 12.9. The molecule has 1 aromatic heterocycles. The molecule has 0 radical (unpaired) electrons. The monoisotopic (exact) mass is 419 g/mol. The van der Waals surface area contributed by atoms with Crippen LogP contribution in [0.15, 0.2) is 42.5 Å². The van der Waals surface area contributed by atoms with Crippen molar-refractivity contribution in [2.24, 2.45) is 0 Å². The average molecular weight is 420 g/mol. The largest absolute Gasteiger partial charge is 0.481 e. The molecule has 0 saturated heterocycles. The maximum atomic E-state index is 11.2. The molecule has 27 heavy (non-hydrogen) atoms. The van der Waals surface area contributed by atoms with Crippen molar-refractivity contribution in [3.8, 4) is 0 Å². The molecule has 0 aliphatic heterocycles. The van der Waals surface area contributed by atoms with Gasteiger partial charge in [0.25, 0.3) is 0 Å². The fourth-order valence-corrected chi connectivity index (χ4v) is 4.08. The van der Waals surface area contributed by atoms with E-state index < -0.39 is 12.0 Å². The normalized spacial score (nSPS) is 11.9. The van der Waals surface area contributed by atoms with E-state index in [4.69, 9.17) is 23.8 Å². The zero-order valence-corrected chi connectivity index (χ0v) is 16.9. The second kappa shape index (κ2) is 8.65. The highest BCUT2D eigenvalue weighted by Gasteiger charge is 2.17. The highest BCUT2D eigenvalue weighted by atomic mass is 35.5. The van der Waals surface area contributed by atoms with Crippen LogP contribution in [0, 0.1) is 0 Å². The third-order valence-electron chi connectivity index (χ3n) is 3.93. The Morgan fingerprint density at radius 3 is 2.85 bits per heavy atom. The van der Waals surface area contributed by atoms with Crippen molar-refractivity contribution < 1.29 is 9.90 Å². The molecule has 3 N–H and O–H groups in total. The van der Waals surface area contributed by atoms with Crippen molar-refractivity contribution in [1.29, 1.82) is 0 Å². The van der Waals surface area contributed by atoms with Gasteiger partial charge < -0.3 is 15.7 Å². The van der Waals surface area contributed by atoms with Gasteiger partial charge in [-0.25, -0.2) is 4.98 Å². The first-order valence-electron chi connectivity index (χ1n) is 8.39. The highest BCUT2D eigenvalue weighted by Crippen LogP contribution is 2.26. The van der Waals surface area contributed by atoms with Gasteiger partial charge in [0.15, 0.2) is 5.11 Å². The number of hydrogen-bond donors (Lipinski definition) is 3. The Morgan fingerprint density at radius 2 is 2.15 bits per heavy atom. The van der Waals surface area contributed by atoms with Crippen molar-refractivity contribution in [2.75, 3.05) is 5.32 Å². The molecule has 0 bridgehead atoms. The number of nitrogens with one attached hydrogen (secondary N) is 2. The number of carbonyl (C=O) groups is 1. The van der Waals surface area contributed by atoms with Crippen molar-refractivity contribution in [1.82, 2.24) is 10.3 Å². The SMILES string of the molecule is CCc1nc2ccc(NC(=S)N[C@@H](CC(=O)O)c3cccc(Cl)c3)cc2s1. The van der Waals surface area contributed by atoms with Gasteiger partial charge in [-0.3, -0.25) is 4.79 Å². The second-order valence-electron chi connectivity index (χ2n) is 5.95. The molecule has 3 rings (SSSR count). The minimum atomic E-state index is -0.923. The number of aliphatic carboxylic acids is 1. The summed E-state index contributed by atoms with van der Waals surface area (Å²) >= 11 is 13.1. The first kappa shape index (κ1) is 19.5. The molecule has 0 aliphatic carbocycles. The molecule has 140 valence electrons. The van der Waals surface area contributed by atoms with Crippen LogP contribution < -0.4 is 10.6 Å².